The molecular formula is C16H11BrCl2N4O8. The normalized spacial score (nSPS) is 10.2. The topological polar surface area (TPSA) is 163 Å². The van der Waals surface area contributed by atoms with E-state index in [9.17, 15) is 29.8 Å². The molecule has 0 radical (unpaired) electrons. The summed E-state index contributed by atoms with van der Waals surface area (Å²) < 4.78 is 10.2. The van der Waals surface area contributed by atoms with Gasteiger partial charge >= 0.3 is 11.7 Å². The van der Waals surface area contributed by atoms with E-state index >= 15 is 0 Å². The molecule has 0 aliphatic rings. The van der Waals surface area contributed by atoms with Gasteiger partial charge in [-0.25, -0.2) is 4.79 Å². The summed E-state index contributed by atoms with van der Waals surface area (Å²) in [5, 5.41) is 25.7. The Labute approximate surface area is 191 Å². The van der Waals surface area contributed by atoms with Crippen LogP contribution in [0.4, 0.5) is 21.9 Å². The zero-order chi connectivity index (χ0) is 23.5. The highest BCUT2D eigenvalue weighted by molar-refractivity contribution is 9.10. The summed E-state index contributed by atoms with van der Waals surface area (Å²) in [4.78, 5) is 45.6. The molecular weight excluding hydrogens is 527 g/mol. The Hall–Kier alpha value is -3.16. The first-order valence-electron chi connectivity index (χ1n) is 7.86. The van der Waals surface area contributed by atoms with Crippen LogP contribution in [0.15, 0.2) is 22.7 Å². The monoisotopic (exact) mass is 536 g/mol. The van der Waals surface area contributed by atoms with E-state index in [4.69, 9.17) is 32.7 Å². The number of halogens is 3. The van der Waals surface area contributed by atoms with E-state index in [1.54, 1.807) is 0 Å². The zero-order valence-electron chi connectivity index (χ0n) is 15.5. The van der Waals surface area contributed by atoms with Crippen LogP contribution < -0.4 is 20.1 Å². The number of hydrogen-bond donors (Lipinski definition) is 2. The fraction of sp³-hybridized carbons (Fsp3) is 0.125. The fourth-order valence-electron chi connectivity index (χ4n) is 2.44. The maximum absolute atomic E-state index is 12.7. The number of anilines is 1. The minimum absolute atomic E-state index is 0.0644. The number of carbonyl (C=O) groups is 2. The number of rotatable bonds is 6. The van der Waals surface area contributed by atoms with Crippen LogP contribution in [0.2, 0.25) is 10.0 Å². The molecule has 0 aliphatic carbocycles. The molecule has 3 amide bonds. The van der Waals surface area contributed by atoms with Crippen molar-refractivity contribution in [1.29, 1.82) is 0 Å². The summed E-state index contributed by atoms with van der Waals surface area (Å²) in [6.45, 7) is 0. The number of nitro groups is 2. The number of ether oxygens (including phenoxy) is 2. The van der Waals surface area contributed by atoms with Crippen LogP contribution in [-0.2, 0) is 0 Å². The number of amides is 3. The van der Waals surface area contributed by atoms with Crippen LogP contribution in [0.3, 0.4) is 0 Å². The van der Waals surface area contributed by atoms with Crippen molar-refractivity contribution in [3.63, 3.8) is 0 Å². The first kappa shape index (κ1) is 24.1. The number of carbonyl (C=O) groups excluding carboxylic acids is 2. The number of imide groups is 1. The molecule has 2 rings (SSSR count). The van der Waals surface area contributed by atoms with Crippen molar-refractivity contribution in [3.05, 3.63) is 58.5 Å². The number of non-ortho nitro benzene ring substituents is 1. The lowest BCUT2D eigenvalue weighted by Gasteiger charge is -2.15. The zero-order valence-corrected chi connectivity index (χ0v) is 18.6. The third kappa shape index (κ3) is 5.13. The van der Waals surface area contributed by atoms with E-state index in [1.165, 1.54) is 7.11 Å². The van der Waals surface area contributed by atoms with Crippen molar-refractivity contribution in [2.45, 2.75) is 0 Å². The second-order valence-corrected chi connectivity index (χ2v) is 7.19. The van der Waals surface area contributed by atoms with E-state index in [1.807, 2.05) is 5.32 Å². The molecule has 0 saturated heterocycles. The van der Waals surface area contributed by atoms with Crippen molar-refractivity contribution in [3.8, 4) is 11.5 Å². The molecule has 2 aromatic rings. The molecule has 2 N–H and O–H groups in total. The molecule has 0 spiro atoms. The van der Waals surface area contributed by atoms with Crippen LogP contribution in [0.5, 0.6) is 11.5 Å². The Morgan fingerprint density at radius 1 is 1.00 bits per heavy atom. The lowest BCUT2D eigenvalue weighted by Crippen LogP contribution is -2.35. The molecule has 15 heteroatoms. The summed E-state index contributed by atoms with van der Waals surface area (Å²) in [6.07, 6.45) is 0. The van der Waals surface area contributed by atoms with Crippen molar-refractivity contribution in [2.75, 3.05) is 19.5 Å². The third-order valence-corrected chi connectivity index (χ3v) is 4.89. The summed E-state index contributed by atoms with van der Waals surface area (Å²) >= 11 is 14.9. The van der Waals surface area contributed by atoms with E-state index in [2.05, 4.69) is 21.2 Å². The molecule has 0 heterocycles. The predicted molar refractivity (Wildman–Crippen MR) is 114 cm³/mol. The molecule has 0 aliphatic heterocycles. The third-order valence-electron chi connectivity index (χ3n) is 3.70. The number of hydrogen-bond acceptors (Lipinski definition) is 8. The van der Waals surface area contributed by atoms with Gasteiger partial charge < -0.3 is 14.8 Å². The molecule has 164 valence electrons. The highest BCUT2D eigenvalue weighted by Gasteiger charge is 2.31. The number of nitrogens with zero attached hydrogens (tertiary/aromatic N) is 2. The molecule has 0 bridgehead atoms. The highest BCUT2D eigenvalue weighted by Crippen LogP contribution is 2.42. The minimum atomic E-state index is -1.13. The lowest BCUT2D eigenvalue weighted by atomic mass is 10.1. The number of urea groups is 1. The Kier molecular flexibility index (Phi) is 7.60. The van der Waals surface area contributed by atoms with E-state index < -0.39 is 44.5 Å². The van der Waals surface area contributed by atoms with Gasteiger partial charge in [-0.2, -0.15) is 0 Å². The SMILES string of the molecule is COc1c(Br)cc([N+](=O)[O-])c(OC)c1C(=O)NC(=O)Nc1c(Cl)cc([N+](=O)[O-])cc1Cl. The van der Waals surface area contributed by atoms with Crippen molar-refractivity contribution in [1.82, 2.24) is 5.32 Å². The second kappa shape index (κ2) is 9.76. The maximum atomic E-state index is 12.7. The summed E-state index contributed by atoms with van der Waals surface area (Å²) in [7, 11) is 2.31. The Bertz CT molecular complexity index is 1090. The second-order valence-electron chi connectivity index (χ2n) is 5.53. The molecule has 12 nitrogen and oxygen atoms in total. The van der Waals surface area contributed by atoms with Gasteiger partial charge in [0, 0.05) is 18.2 Å². The van der Waals surface area contributed by atoms with Crippen LogP contribution in [0.25, 0.3) is 0 Å². The van der Waals surface area contributed by atoms with Gasteiger partial charge in [-0.1, -0.05) is 23.2 Å². The highest BCUT2D eigenvalue weighted by atomic mass is 79.9. The number of benzene rings is 2. The maximum Gasteiger partial charge on any atom is 0.326 e. The summed E-state index contributed by atoms with van der Waals surface area (Å²) in [6, 6.07) is 1.85. The van der Waals surface area contributed by atoms with Gasteiger partial charge in [-0.05, 0) is 15.9 Å². The average molecular weight is 538 g/mol. The van der Waals surface area contributed by atoms with Gasteiger partial charge in [-0.15, -0.1) is 0 Å². The standard InChI is InChI=1S/C16H11BrCl2N4O8/c1-30-13-7(17)5-10(23(28)29)14(31-2)11(13)15(24)21-16(25)20-12-8(18)3-6(22(26)27)4-9(12)19/h3-5H,1-2H3,(H2,20,21,24,25). The molecule has 0 aromatic heterocycles. The smallest absolute Gasteiger partial charge is 0.326 e. The molecule has 0 saturated carbocycles. The van der Waals surface area contributed by atoms with Crippen molar-refractivity contribution in [2.24, 2.45) is 0 Å². The number of nitro benzene ring substituents is 2. The van der Waals surface area contributed by atoms with Crippen molar-refractivity contribution < 1.29 is 28.9 Å². The van der Waals surface area contributed by atoms with Crippen LogP contribution in [-0.4, -0.2) is 36.0 Å². The first-order chi connectivity index (χ1) is 14.5. The van der Waals surface area contributed by atoms with Gasteiger partial charge in [0.25, 0.3) is 11.6 Å². The fourth-order valence-corrected chi connectivity index (χ4v) is 3.59. The van der Waals surface area contributed by atoms with Crippen LogP contribution >= 0.6 is 39.1 Å². The largest absolute Gasteiger partial charge is 0.495 e. The number of methoxy groups -OCH3 is 2. The molecule has 0 fully saturated rings. The lowest BCUT2D eigenvalue weighted by molar-refractivity contribution is -0.385. The van der Waals surface area contributed by atoms with Gasteiger partial charge in [0.05, 0.1) is 44.3 Å². The summed E-state index contributed by atoms with van der Waals surface area (Å²) in [5.41, 5.74) is -1.59. The summed E-state index contributed by atoms with van der Waals surface area (Å²) in [5.74, 6) is -1.68. The molecule has 0 unspecified atom stereocenters. The van der Waals surface area contributed by atoms with Gasteiger partial charge in [-0.3, -0.25) is 30.3 Å². The minimum Gasteiger partial charge on any atom is -0.495 e. The van der Waals surface area contributed by atoms with Gasteiger partial charge in [0.15, 0.2) is 0 Å². The van der Waals surface area contributed by atoms with E-state index in [0.717, 1.165) is 25.3 Å². The molecule has 31 heavy (non-hydrogen) atoms. The predicted octanol–water partition coefficient (Wildman–Crippen LogP) is 4.55. The number of nitrogens with one attached hydrogen (secondary N) is 2. The van der Waals surface area contributed by atoms with Gasteiger partial charge in [0.1, 0.15) is 11.3 Å². The van der Waals surface area contributed by atoms with Crippen LogP contribution in [0.1, 0.15) is 10.4 Å². The molecule has 2 aromatic carbocycles. The first-order valence-corrected chi connectivity index (χ1v) is 9.41. The Balaban J connectivity index is 2.39. The Morgan fingerprint density at radius 2 is 1.55 bits per heavy atom. The average Bonchev–Trinajstić information content (AvgIpc) is 2.69. The van der Waals surface area contributed by atoms with E-state index in [-0.39, 0.29) is 26.0 Å². The molecule has 0 atom stereocenters. The van der Waals surface area contributed by atoms with Gasteiger partial charge in [0.2, 0.25) is 5.75 Å². The van der Waals surface area contributed by atoms with Crippen molar-refractivity contribution >= 4 is 68.1 Å². The van der Waals surface area contributed by atoms with Crippen LogP contribution in [0, 0.1) is 20.2 Å². The quantitative estimate of drug-likeness (QED) is 0.400. The Morgan fingerprint density at radius 3 is 2.00 bits per heavy atom. The van der Waals surface area contributed by atoms with E-state index in [0.29, 0.717) is 0 Å².